The van der Waals surface area contributed by atoms with Gasteiger partial charge in [0, 0.05) is 30.5 Å². The summed E-state index contributed by atoms with van der Waals surface area (Å²) < 4.78 is 29.5. The number of anilines is 1. The van der Waals surface area contributed by atoms with Crippen LogP contribution in [-0.4, -0.2) is 41.2 Å². The van der Waals surface area contributed by atoms with Crippen LogP contribution in [0.5, 0.6) is 0 Å². The monoisotopic (exact) mass is 548 g/mol. The molecule has 2 aromatic heterocycles. The quantitative estimate of drug-likeness (QED) is 0.278. The largest absolute Gasteiger partial charge is 0.279 e. The third kappa shape index (κ3) is 5.10. The molecule has 1 aliphatic heterocycles. The summed E-state index contributed by atoms with van der Waals surface area (Å²) >= 11 is 1.47. The fraction of sp³-hybridized carbons (Fsp3) is 0.345. The molecule has 198 valence electrons. The number of hydrogen-bond acceptors (Lipinski definition) is 6. The fourth-order valence-electron chi connectivity index (χ4n) is 4.99. The Labute approximate surface area is 228 Å². The lowest BCUT2D eigenvalue weighted by atomic mass is 10.0. The van der Waals surface area contributed by atoms with Crippen molar-refractivity contribution in [3.8, 4) is 0 Å². The first-order chi connectivity index (χ1) is 18.3. The summed E-state index contributed by atoms with van der Waals surface area (Å²) in [4.78, 5) is 24.8. The number of carbonyl (C=O) groups is 1. The van der Waals surface area contributed by atoms with E-state index < -0.39 is 10.0 Å². The zero-order valence-electron chi connectivity index (χ0n) is 21.9. The van der Waals surface area contributed by atoms with E-state index in [0.717, 1.165) is 52.6 Å². The topological polar surface area (TPSA) is 83.5 Å². The Kier molecular flexibility index (Phi) is 7.61. The third-order valence-electron chi connectivity index (χ3n) is 7.37. The minimum absolute atomic E-state index is 0.0242. The molecular formula is C29H32N4O3S2. The van der Waals surface area contributed by atoms with Crippen LogP contribution in [0.1, 0.15) is 59.7 Å². The highest BCUT2D eigenvalue weighted by Crippen LogP contribution is 2.34. The van der Waals surface area contributed by atoms with Gasteiger partial charge in [0.05, 0.1) is 21.7 Å². The van der Waals surface area contributed by atoms with E-state index in [1.54, 1.807) is 45.9 Å². The minimum Gasteiger partial charge on any atom is -0.279 e. The van der Waals surface area contributed by atoms with E-state index >= 15 is 0 Å². The Morgan fingerprint density at radius 1 is 1.11 bits per heavy atom. The summed E-state index contributed by atoms with van der Waals surface area (Å²) in [7, 11) is -3.62. The normalized spacial score (nSPS) is 16.6. The molecule has 1 atom stereocenters. The minimum atomic E-state index is -3.62. The predicted molar refractivity (Wildman–Crippen MR) is 152 cm³/mol. The van der Waals surface area contributed by atoms with Crippen LogP contribution < -0.4 is 4.90 Å². The molecule has 7 nitrogen and oxygen atoms in total. The van der Waals surface area contributed by atoms with Gasteiger partial charge in [-0.05, 0) is 86.2 Å². The van der Waals surface area contributed by atoms with Crippen LogP contribution >= 0.6 is 11.3 Å². The van der Waals surface area contributed by atoms with E-state index in [2.05, 4.69) is 18.0 Å². The number of rotatable bonds is 7. The molecule has 0 bridgehead atoms. The lowest BCUT2D eigenvalue weighted by Crippen LogP contribution is -2.43. The maximum absolute atomic E-state index is 13.9. The molecule has 38 heavy (non-hydrogen) atoms. The molecule has 5 rings (SSSR count). The van der Waals surface area contributed by atoms with E-state index in [1.807, 2.05) is 32.0 Å². The molecule has 0 radical (unpaired) electrons. The zero-order valence-corrected chi connectivity index (χ0v) is 23.6. The number of aromatic nitrogens is 2. The Hall–Kier alpha value is -3.14. The summed E-state index contributed by atoms with van der Waals surface area (Å²) in [6.45, 7) is 6.96. The van der Waals surface area contributed by atoms with Gasteiger partial charge in [-0.1, -0.05) is 36.8 Å². The van der Waals surface area contributed by atoms with Gasteiger partial charge < -0.3 is 0 Å². The Morgan fingerprint density at radius 2 is 1.89 bits per heavy atom. The van der Waals surface area contributed by atoms with Gasteiger partial charge >= 0.3 is 0 Å². The van der Waals surface area contributed by atoms with Crippen molar-refractivity contribution in [3.63, 3.8) is 0 Å². The first kappa shape index (κ1) is 26.5. The van der Waals surface area contributed by atoms with Crippen LogP contribution in [0.3, 0.4) is 0 Å². The second kappa shape index (κ2) is 10.9. The van der Waals surface area contributed by atoms with E-state index in [1.165, 1.54) is 11.3 Å². The van der Waals surface area contributed by atoms with E-state index in [4.69, 9.17) is 4.98 Å². The van der Waals surface area contributed by atoms with Crippen molar-refractivity contribution < 1.29 is 13.2 Å². The van der Waals surface area contributed by atoms with Gasteiger partial charge in [0.15, 0.2) is 5.13 Å². The number of piperidine rings is 1. The molecular weight excluding hydrogens is 516 g/mol. The van der Waals surface area contributed by atoms with Gasteiger partial charge in [-0.2, -0.15) is 4.31 Å². The van der Waals surface area contributed by atoms with Crippen molar-refractivity contribution in [1.29, 1.82) is 0 Å². The van der Waals surface area contributed by atoms with Gasteiger partial charge in [0.1, 0.15) is 0 Å². The van der Waals surface area contributed by atoms with E-state index in [0.29, 0.717) is 23.8 Å². The number of aryl methyl sites for hydroxylation is 2. The highest BCUT2D eigenvalue weighted by molar-refractivity contribution is 7.89. The average Bonchev–Trinajstić information content (AvgIpc) is 3.39. The van der Waals surface area contributed by atoms with Crippen molar-refractivity contribution in [2.75, 3.05) is 11.4 Å². The molecule has 0 saturated carbocycles. The maximum atomic E-state index is 13.9. The van der Waals surface area contributed by atoms with Crippen LogP contribution in [0, 0.1) is 13.8 Å². The highest BCUT2D eigenvalue weighted by atomic mass is 32.2. The van der Waals surface area contributed by atoms with Crippen molar-refractivity contribution >= 4 is 42.6 Å². The maximum Gasteiger partial charge on any atom is 0.260 e. The van der Waals surface area contributed by atoms with Crippen molar-refractivity contribution in [1.82, 2.24) is 14.3 Å². The smallest absolute Gasteiger partial charge is 0.260 e. The van der Waals surface area contributed by atoms with Crippen molar-refractivity contribution in [2.45, 2.75) is 63.9 Å². The molecule has 1 amide bonds. The molecule has 1 saturated heterocycles. The first-order valence-electron chi connectivity index (χ1n) is 13.0. The number of benzene rings is 2. The highest BCUT2D eigenvalue weighted by Gasteiger charge is 2.32. The average molecular weight is 549 g/mol. The summed E-state index contributed by atoms with van der Waals surface area (Å²) in [5.41, 5.74) is 4.42. The van der Waals surface area contributed by atoms with Gasteiger partial charge in [-0.15, -0.1) is 0 Å². The van der Waals surface area contributed by atoms with Gasteiger partial charge in [0.2, 0.25) is 10.0 Å². The standard InChI is InChI=1S/C29H32N4O3S2/c1-4-24-9-5-6-17-33(24)38(35,36)25-13-11-23(12-14-25)28(34)32(19-22-8-7-16-30-18-22)29-31-27-21(3)20(2)10-15-26(27)37-29/h7-8,10-16,18,24H,4-6,9,17,19H2,1-3H3. The number of fused-ring (bicyclic) bond motifs is 1. The zero-order chi connectivity index (χ0) is 26.9. The lowest BCUT2D eigenvalue weighted by molar-refractivity contribution is 0.0985. The van der Waals surface area contributed by atoms with Crippen LogP contribution in [0.2, 0.25) is 0 Å². The van der Waals surface area contributed by atoms with Crippen LogP contribution in [0.4, 0.5) is 5.13 Å². The fourth-order valence-corrected chi connectivity index (χ4v) is 7.78. The predicted octanol–water partition coefficient (Wildman–Crippen LogP) is 6.11. The van der Waals surface area contributed by atoms with Crippen LogP contribution in [-0.2, 0) is 16.6 Å². The van der Waals surface area contributed by atoms with Crippen molar-refractivity contribution in [3.05, 3.63) is 83.2 Å². The summed E-state index contributed by atoms with van der Waals surface area (Å²) in [6.07, 6.45) is 7.04. The first-order valence-corrected chi connectivity index (χ1v) is 15.2. The SMILES string of the molecule is CCC1CCCCN1S(=O)(=O)c1ccc(C(=O)N(Cc2cccnc2)c2nc3c(C)c(C)ccc3s2)cc1. The summed E-state index contributed by atoms with van der Waals surface area (Å²) in [6, 6.07) is 14.2. The molecule has 1 aliphatic rings. The number of hydrogen-bond donors (Lipinski definition) is 0. The molecule has 9 heteroatoms. The molecule has 0 aliphatic carbocycles. The summed E-state index contributed by atoms with van der Waals surface area (Å²) in [5, 5.41) is 0.596. The Morgan fingerprint density at radius 3 is 2.61 bits per heavy atom. The number of thiazole rings is 1. The second-order valence-corrected chi connectivity index (χ2v) is 12.7. The van der Waals surface area contributed by atoms with Gasteiger partial charge in [0.25, 0.3) is 5.91 Å². The van der Waals surface area contributed by atoms with Crippen LogP contribution in [0.25, 0.3) is 10.2 Å². The van der Waals surface area contributed by atoms with E-state index in [-0.39, 0.29) is 16.8 Å². The number of nitrogens with zero attached hydrogens (tertiary/aromatic N) is 4. The molecule has 1 unspecified atom stereocenters. The van der Waals surface area contributed by atoms with Gasteiger partial charge in [-0.25, -0.2) is 13.4 Å². The molecule has 0 N–H and O–H groups in total. The van der Waals surface area contributed by atoms with Gasteiger partial charge in [-0.3, -0.25) is 14.7 Å². The molecule has 3 heterocycles. The number of pyridine rings is 1. The number of amides is 1. The Bertz CT molecular complexity index is 1550. The molecule has 1 fully saturated rings. The van der Waals surface area contributed by atoms with E-state index in [9.17, 15) is 13.2 Å². The lowest BCUT2D eigenvalue weighted by Gasteiger charge is -2.34. The van der Waals surface area contributed by atoms with Crippen molar-refractivity contribution in [2.24, 2.45) is 0 Å². The third-order valence-corrected chi connectivity index (χ3v) is 10.4. The summed E-state index contributed by atoms with van der Waals surface area (Å²) in [5.74, 6) is -0.240. The molecule has 4 aromatic rings. The second-order valence-electron chi connectivity index (χ2n) is 9.80. The number of sulfonamides is 1. The molecule has 2 aromatic carbocycles. The number of carbonyl (C=O) groups excluding carboxylic acids is 1. The Balaban J connectivity index is 1.48. The molecule has 0 spiro atoms. The van der Waals surface area contributed by atoms with Crippen LogP contribution in [0.15, 0.2) is 65.8 Å².